The van der Waals surface area contributed by atoms with Crippen molar-refractivity contribution in [2.75, 3.05) is 17.3 Å². The number of nitrogens with zero attached hydrogens (tertiary/aromatic N) is 1. The van der Waals surface area contributed by atoms with Crippen molar-refractivity contribution in [1.82, 2.24) is 0 Å². The standard InChI is InChI=1S/C16H15Cl2NOS2/c1-2-12-7-13-16(21-12)22-14(9-19(13)15(20)8-17)10-3-5-11(18)6-4-10/h3-7,14H,2,8-9H2,1H3. The van der Waals surface area contributed by atoms with Gasteiger partial charge in [-0.25, -0.2) is 0 Å². The van der Waals surface area contributed by atoms with E-state index in [1.165, 1.54) is 14.6 Å². The van der Waals surface area contributed by atoms with E-state index >= 15 is 0 Å². The average Bonchev–Trinajstić information content (AvgIpc) is 2.97. The number of alkyl halides is 1. The van der Waals surface area contributed by atoms with E-state index in [9.17, 15) is 4.79 Å². The molecule has 0 saturated carbocycles. The summed E-state index contributed by atoms with van der Waals surface area (Å²) in [6.07, 6.45) is 0.979. The van der Waals surface area contributed by atoms with Crippen molar-refractivity contribution in [1.29, 1.82) is 0 Å². The molecule has 1 atom stereocenters. The maximum atomic E-state index is 12.2. The third kappa shape index (κ3) is 3.16. The lowest BCUT2D eigenvalue weighted by atomic mass is 10.1. The van der Waals surface area contributed by atoms with Crippen molar-refractivity contribution >= 4 is 57.9 Å². The third-order valence-electron chi connectivity index (χ3n) is 3.62. The van der Waals surface area contributed by atoms with Gasteiger partial charge >= 0.3 is 0 Å². The summed E-state index contributed by atoms with van der Waals surface area (Å²) in [5.74, 6) is -0.0305. The largest absolute Gasteiger partial charge is 0.308 e. The third-order valence-corrected chi connectivity index (χ3v) is 6.84. The Morgan fingerprint density at radius 2 is 2.09 bits per heavy atom. The first-order valence-electron chi connectivity index (χ1n) is 7.03. The summed E-state index contributed by atoms with van der Waals surface area (Å²) in [6, 6.07) is 9.97. The lowest BCUT2D eigenvalue weighted by Crippen LogP contribution is -2.37. The normalized spacial score (nSPS) is 17.4. The predicted molar refractivity (Wildman–Crippen MR) is 96.8 cm³/mol. The van der Waals surface area contributed by atoms with Crippen LogP contribution in [-0.2, 0) is 11.2 Å². The second-order valence-electron chi connectivity index (χ2n) is 5.03. The Morgan fingerprint density at radius 1 is 1.36 bits per heavy atom. The molecule has 0 aliphatic carbocycles. The molecule has 2 nitrogen and oxygen atoms in total. The number of thiophene rings is 1. The molecule has 3 rings (SSSR count). The molecule has 6 heteroatoms. The van der Waals surface area contributed by atoms with E-state index in [2.05, 4.69) is 13.0 Å². The number of rotatable bonds is 3. The molecule has 0 saturated heterocycles. The molecular formula is C16H15Cl2NOS2. The van der Waals surface area contributed by atoms with Gasteiger partial charge in [0.25, 0.3) is 0 Å². The Labute approximate surface area is 148 Å². The Morgan fingerprint density at radius 3 is 2.73 bits per heavy atom. The van der Waals surface area contributed by atoms with Crippen LogP contribution in [0.3, 0.4) is 0 Å². The van der Waals surface area contributed by atoms with Crippen LogP contribution in [0, 0.1) is 0 Å². The van der Waals surface area contributed by atoms with Gasteiger partial charge in [-0.3, -0.25) is 4.79 Å². The van der Waals surface area contributed by atoms with E-state index in [0.717, 1.165) is 17.1 Å². The number of anilines is 1. The number of benzene rings is 1. The van der Waals surface area contributed by atoms with Gasteiger partial charge in [-0.15, -0.1) is 34.7 Å². The van der Waals surface area contributed by atoms with Crippen molar-refractivity contribution in [3.63, 3.8) is 0 Å². The zero-order chi connectivity index (χ0) is 15.7. The monoisotopic (exact) mass is 371 g/mol. The highest BCUT2D eigenvalue weighted by Gasteiger charge is 2.31. The number of halogens is 2. The average molecular weight is 372 g/mol. The van der Waals surface area contributed by atoms with Crippen LogP contribution in [0.1, 0.15) is 22.6 Å². The molecule has 0 spiro atoms. The highest BCUT2D eigenvalue weighted by molar-refractivity contribution is 8.01. The van der Waals surface area contributed by atoms with Crippen molar-refractivity contribution in [2.45, 2.75) is 22.8 Å². The minimum atomic E-state index is -0.0392. The van der Waals surface area contributed by atoms with Gasteiger partial charge in [-0.05, 0) is 30.2 Å². The van der Waals surface area contributed by atoms with Gasteiger partial charge in [0.05, 0.1) is 15.1 Å². The van der Waals surface area contributed by atoms with Gasteiger partial charge in [0.1, 0.15) is 5.88 Å². The minimum absolute atomic E-state index is 0.00868. The van der Waals surface area contributed by atoms with Crippen LogP contribution in [0.15, 0.2) is 34.5 Å². The van der Waals surface area contributed by atoms with E-state index in [1.807, 2.05) is 40.9 Å². The number of carbonyl (C=O) groups excluding carboxylic acids is 1. The Bertz CT molecular complexity index is 684. The van der Waals surface area contributed by atoms with Crippen molar-refractivity contribution in [3.8, 4) is 0 Å². The van der Waals surface area contributed by atoms with Crippen LogP contribution in [0.25, 0.3) is 0 Å². The highest BCUT2D eigenvalue weighted by Crippen LogP contribution is 2.50. The SMILES string of the molecule is CCc1cc2c(s1)SC(c1ccc(Cl)cc1)CN2C(=O)CCl. The first-order valence-corrected chi connectivity index (χ1v) is 9.64. The number of aryl methyl sites for hydroxylation is 1. The number of hydrogen-bond acceptors (Lipinski definition) is 3. The molecule has 0 fully saturated rings. The lowest BCUT2D eigenvalue weighted by Gasteiger charge is -2.32. The topological polar surface area (TPSA) is 20.3 Å². The van der Waals surface area contributed by atoms with Gasteiger partial charge in [-0.2, -0.15) is 0 Å². The molecule has 22 heavy (non-hydrogen) atoms. The summed E-state index contributed by atoms with van der Waals surface area (Å²) < 4.78 is 1.20. The van der Waals surface area contributed by atoms with Crippen LogP contribution in [0.5, 0.6) is 0 Å². The molecule has 1 unspecified atom stereocenters. The van der Waals surface area contributed by atoms with Gasteiger partial charge in [0.15, 0.2) is 0 Å². The van der Waals surface area contributed by atoms with E-state index < -0.39 is 0 Å². The molecule has 1 aromatic heterocycles. The first kappa shape index (κ1) is 16.2. The highest BCUT2D eigenvalue weighted by atomic mass is 35.5. The van der Waals surface area contributed by atoms with Crippen LogP contribution in [-0.4, -0.2) is 18.3 Å². The van der Waals surface area contributed by atoms with Gasteiger partial charge in [0.2, 0.25) is 5.91 Å². The van der Waals surface area contributed by atoms with E-state index in [-0.39, 0.29) is 17.0 Å². The van der Waals surface area contributed by atoms with E-state index in [1.54, 1.807) is 11.3 Å². The van der Waals surface area contributed by atoms with E-state index in [0.29, 0.717) is 6.54 Å². The van der Waals surface area contributed by atoms with Crippen LogP contribution in [0.2, 0.25) is 5.02 Å². The van der Waals surface area contributed by atoms with E-state index in [4.69, 9.17) is 23.2 Å². The lowest BCUT2D eigenvalue weighted by molar-refractivity contribution is -0.116. The smallest absolute Gasteiger partial charge is 0.242 e. The molecule has 1 amide bonds. The number of thioether (sulfide) groups is 1. The quantitative estimate of drug-likeness (QED) is 0.674. The summed E-state index contributed by atoms with van der Waals surface area (Å²) in [5, 5.41) is 0.934. The molecule has 2 heterocycles. The Hall–Kier alpha value is -0.680. The first-order chi connectivity index (χ1) is 10.6. The molecule has 1 aromatic carbocycles. The number of hydrogen-bond donors (Lipinski definition) is 0. The van der Waals surface area contributed by atoms with Crippen molar-refractivity contribution in [3.05, 3.63) is 45.8 Å². The predicted octanol–water partition coefficient (Wildman–Crippen LogP) is 5.38. The maximum Gasteiger partial charge on any atom is 0.242 e. The minimum Gasteiger partial charge on any atom is -0.308 e. The number of amides is 1. The summed E-state index contributed by atoms with van der Waals surface area (Å²) >= 11 is 15.4. The summed E-state index contributed by atoms with van der Waals surface area (Å²) in [5.41, 5.74) is 2.20. The van der Waals surface area contributed by atoms with Crippen molar-refractivity contribution in [2.24, 2.45) is 0 Å². The molecule has 116 valence electrons. The number of carbonyl (C=O) groups is 1. The molecule has 0 bridgehead atoms. The van der Waals surface area contributed by atoms with Crippen LogP contribution >= 0.6 is 46.3 Å². The van der Waals surface area contributed by atoms with Crippen LogP contribution in [0.4, 0.5) is 5.69 Å². The summed E-state index contributed by atoms with van der Waals surface area (Å²) in [6.45, 7) is 2.77. The molecule has 1 aliphatic heterocycles. The second kappa shape index (κ2) is 6.83. The van der Waals surface area contributed by atoms with Gasteiger partial charge in [0, 0.05) is 16.4 Å². The fraction of sp³-hybridized carbons (Fsp3) is 0.312. The summed E-state index contributed by atoms with van der Waals surface area (Å²) in [4.78, 5) is 15.3. The number of fused-ring (bicyclic) bond motifs is 1. The zero-order valence-corrected chi connectivity index (χ0v) is 15.2. The maximum absolute atomic E-state index is 12.2. The van der Waals surface area contributed by atoms with Crippen molar-refractivity contribution < 1.29 is 4.79 Å². The molecule has 1 aliphatic rings. The molecular weight excluding hydrogens is 357 g/mol. The second-order valence-corrected chi connectivity index (χ2v) is 8.35. The van der Waals surface area contributed by atoms with Gasteiger partial charge in [-0.1, -0.05) is 30.7 Å². The molecule has 0 radical (unpaired) electrons. The Balaban J connectivity index is 1.96. The molecule has 2 aromatic rings. The molecule has 0 N–H and O–H groups in total. The van der Waals surface area contributed by atoms with Gasteiger partial charge < -0.3 is 4.90 Å². The van der Waals surface area contributed by atoms with Crippen LogP contribution < -0.4 is 4.90 Å². The fourth-order valence-electron chi connectivity index (χ4n) is 2.45. The summed E-state index contributed by atoms with van der Waals surface area (Å²) in [7, 11) is 0. The zero-order valence-electron chi connectivity index (χ0n) is 12.0. The fourth-order valence-corrected chi connectivity index (χ4v) is 5.47. The Kier molecular flexibility index (Phi) is 5.03.